The summed E-state index contributed by atoms with van der Waals surface area (Å²) >= 11 is 0. The molecule has 0 bridgehead atoms. The average molecular weight is 244 g/mol. The van der Waals surface area contributed by atoms with Gasteiger partial charge in [0.15, 0.2) is 5.78 Å². The number of fused-ring (bicyclic) bond motifs is 2. The molecule has 0 saturated heterocycles. The molecular weight excluding hydrogens is 236 g/mol. The van der Waals surface area contributed by atoms with Crippen molar-refractivity contribution in [2.45, 2.75) is 6.42 Å². The van der Waals surface area contributed by atoms with Crippen LogP contribution in [0, 0.1) is 22.7 Å². The van der Waals surface area contributed by atoms with Crippen LogP contribution in [-0.2, 0) is 6.42 Å². The normalized spacial score (nSPS) is 12.0. The van der Waals surface area contributed by atoms with Crippen molar-refractivity contribution < 1.29 is 4.79 Å². The lowest BCUT2D eigenvalue weighted by molar-refractivity contribution is 0.103. The Balaban J connectivity index is 2.19. The first-order valence-corrected chi connectivity index (χ1v) is 5.83. The van der Waals surface area contributed by atoms with Gasteiger partial charge in [0.1, 0.15) is 0 Å². The molecule has 0 saturated carbocycles. The smallest absolute Gasteiger partial charge is 0.193 e. The fourth-order valence-corrected chi connectivity index (χ4v) is 2.37. The zero-order chi connectivity index (χ0) is 13.4. The van der Waals surface area contributed by atoms with Gasteiger partial charge in [-0.25, -0.2) is 0 Å². The molecule has 3 nitrogen and oxygen atoms in total. The maximum Gasteiger partial charge on any atom is 0.193 e. The molecule has 88 valence electrons. The summed E-state index contributed by atoms with van der Waals surface area (Å²) in [7, 11) is 0. The van der Waals surface area contributed by atoms with Gasteiger partial charge in [-0.3, -0.25) is 4.79 Å². The molecule has 19 heavy (non-hydrogen) atoms. The van der Waals surface area contributed by atoms with Gasteiger partial charge >= 0.3 is 0 Å². The van der Waals surface area contributed by atoms with E-state index in [0.29, 0.717) is 28.7 Å². The van der Waals surface area contributed by atoms with E-state index >= 15 is 0 Å². The lowest BCUT2D eigenvalue weighted by atomic mass is 9.83. The molecular formula is C16H8N2O. The molecule has 0 unspecified atom stereocenters. The maximum absolute atomic E-state index is 12.4. The Bertz CT molecular complexity index is 726. The highest BCUT2D eigenvalue weighted by Gasteiger charge is 2.23. The van der Waals surface area contributed by atoms with E-state index in [4.69, 9.17) is 10.5 Å². The molecule has 2 aromatic rings. The number of hydrogen-bond donors (Lipinski definition) is 0. The van der Waals surface area contributed by atoms with Crippen molar-refractivity contribution in [3.8, 4) is 12.1 Å². The Morgan fingerprint density at radius 2 is 1.32 bits per heavy atom. The second-order valence-electron chi connectivity index (χ2n) is 4.47. The second-order valence-corrected chi connectivity index (χ2v) is 4.47. The maximum atomic E-state index is 12.4. The Hall–Kier alpha value is -2.91. The summed E-state index contributed by atoms with van der Waals surface area (Å²) in [5.41, 5.74) is 3.96. The van der Waals surface area contributed by atoms with Crippen LogP contribution in [0.1, 0.15) is 38.2 Å². The molecule has 0 heterocycles. The van der Waals surface area contributed by atoms with Gasteiger partial charge in [-0.1, -0.05) is 12.1 Å². The second kappa shape index (κ2) is 4.08. The van der Waals surface area contributed by atoms with Crippen LogP contribution in [0.15, 0.2) is 36.4 Å². The van der Waals surface area contributed by atoms with E-state index in [9.17, 15) is 4.79 Å². The Morgan fingerprint density at radius 1 is 0.842 bits per heavy atom. The van der Waals surface area contributed by atoms with Crippen molar-refractivity contribution in [2.24, 2.45) is 0 Å². The van der Waals surface area contributed by atoms with Gasteiger partial charge in [0.25, 0.3) is 0 Å². The van der Waals surface area contributed by atoms with Gasteiger partial charge in [0.05, 0.1) is 23.3 Å². The van der Waals surface area contributed by atoms with Crippen LogP contribution >= 0.6 is 0 Å². The summed E-state index contributed by atoms with van der Waals surface area (Å²) in [5.74, 6) is -0.106. The van der Waals surface area contributed by atoms with Gasteiger partial charge < -0.3 is 0 Å². The van der Waals surface area contributed by atoms with Gasteiger partial charge in [-0.15, -0.1) is 0 Å². The summed E-state index contributed by atoms with van der Waals surface area (Å²) < 4.78 is 0. The van der Waals surface area contributed by atoms with Crippen molar-refractivity contribution in [2.75, 3.05) is 0 Å². The van der Waals surface area contributed by atoms with E-state index in [1.807, 2.05) is 24.3 Å². The monoisotopic (exact) mass is 244 g/mol. The van der Waals surface area contributed by atoms with E-state index in [-0.39, 0.29) is 5.78 Å². The van der Waals surface area contributed by atoms with Crippen molar-refractivity contribution >= 4 is 5.78 Å². The number of nitrogens with zero attached hydrogens (tertiary/aromatic N) is 2. The molecule has 0 atom stereocenters. The number of ketones is 1. The Kier molecular flexibility index (Phi) is 2.41. The van der Waals surface area contributed by atoms with E-state index < -0.39 is 0 Å². The first-order valence-electron chi connectivity index (χ1n) is 5.83. The van der Waals surface area contributed by atoms with Gasteiger partial charge in [-0.05, 0) is 41.8 Å². The van der Waals surface area contributed by atoms with Crippen LogP contribution < -0.4 is 0 Å². The van der Waals surface area contributed by atoms with Crippen molar-refractivity contribution in [1.82, 2.24) is 0 Å². The fourth-order valence-electron chi connectivity index (χ4n) is 2.37. The highest BCUT2D eigenvalue weighted by molar-refractivity contribution is 6.12. The lowest BCUT2D eigenvalue weighted by Crippen LogP contribution is -2.15. The van der Waals surface area contributed by atoms with Crippen LogP contribution in [0.25, 0.3) is 0 Å². The molecule has 1 aliphatic rings. The van der Waals surface area contributed by atoms with Gasteiger partial charge in [0.2, 0.25) is 0 Å². The predicted molar refractivity (Wildman–Crippen MR) is 68.6 cm³/mol. The summed E-state index contributed by atoms with van der Waals surface area (Å²) in [4.78, 5) is 12.4. The average Bonchev–Trinajstić information content (AvgIpc) is 2.47. The minimum Gasteiger partial charge on any atom is -0.289 e. The first kappa shape index (κ1) is 11.2. The number of nitriles is 2. The molecule has 3 rings (SSSR count). The predicted octanol–water partition coefficient (Wildman–Crippen LogP) is 2.57. The SMILES string of the molecule is N#Cc1ccc2c(c1)C(=O)c1cc(C#N)ccc1C2. The van der Waals surface area contributed by atoms with E-state index in [0.717, 1.165) is 11.1 Å². The van der Waals surface area contributed by atoms with Crippen LogP contribution in [0.3, 0.4) is 0 Å². The zero-order valence-electron chi connectivity index (χ0n) is 9.97. The van der Waals surface area contributed by atoms with Gasteiger partial charge in [0, 0.05) is 11.1 Å². The molecule has 0 N–H and O–H groups in total. The third kappa shape index (κ3) is 1.69. The molecule has 0 spiro atoms. The van der Waals surface area contributed by atoms with E-state index in [1.165, 1.54) is 0 Å². The fraction of sp³-hybridized carbons (Fsp3) is 0.0625. The Morgan fingerprint density at radius 3 is 1.74 bits per heavy atom. The van der Waals surface area contributed by atoms with Crippen LogP contribution in [0.5, 0.6) is 0 Å². The van der Waals surface area contributed by atoms with E-state index in [1.54, 1.807) is 24.3 Å². The standard InChI is InChI=1S/C16H8N2O/c17-8-10-1-3-12-7-13-4-2-11(9-18)6-15(13)16(19)14(12)5-10/h1-6H,7H2. The number of benzene rings is 2. The van der Waals surface area contributed by atoms with Crippen molar-refractivity contribution in [3.05, 3.63) is 69.8 Å². The zero-order valence-corrected chi connectivity index (χ0v) is 9.97. The molecule has 0 aromatic heterocycles. The van der Waals surface area contributed by atoms with E-state index in [2.05, 4.69) is 0 Å². The number of rotatable bonds is 0. The number of carbonyl (C=O) groups is 1. The molecule has 0 aliphatic heterocycles. The molecule has 0 radical (unpaired) electrons. The lowest BCUT2D eigenvalue weighted by Gasteiger charge is -2.18. The Labute approximate surface area is 110 Å². The first-order chi connectivity index (χ1) is 9.22. The number of carbonyl (C=O) groups excluding carboxylic acids is 1. The van der Waals surface area contributed by atoms with Crippen LogP contribution in [0.4, 0.5) is 0 Å². The third-order valence-electron chi connectivity index (χ3n) is 3.35. The highest BCUT2D eigenvalue weighted by Crippen LogP contribution is 2.28. The minimum atomic E-state index is -0.106. The minimum absolute atomic E-state index is 0.106. The molecule has 0 fully saturated rings. The third-order valence-corrected chi connectivity index (χ3v) is 3.35. The highest BCUT2D eigenvalue weighted by atomic mass is 16.1. The summed E-state index contributed by atoms with van der Waals surface area (Å²) in [6, 6.07) is 14.4. The molecule has 3 heteroatoms. The molecule has 2 aromatic carbocycles. The van der Waals surface area contributed by atoms with Crippen molar-refractivity contribution in [3.63, 3.8) is 0 Å². The largest absolute Gasteiger partial charge is 0.289 e. The quantitative estimate of drug-likeness (QED) is 0.610. The van der Waals surface area contributed by atoms with Crippen molar-refractivity contribution in [1.29, 1.82) is 10.5 Å². The topological polar surface area (TPSA) is 64.7 Å². The van der Waals surface area contributed by atoms with Crippen LogP contribution in [-0.4, -0.2) is 5.78 Å². The summed E-state index contributed by atoms with van der Waals surface area (Å²) in [6.45, 7) is 0. The molecule has 0 amide bonds. The number of hydrogen-bond acceptors (Lipinski definition) is 3. The molecule has 1 aliphatic carbocycles. The summed E-state index contributed by atoms with van der Waals surface area (Å²) in [6.07, 6.45) is 0.661. The summed E-state index contributed by atoms with van der Waals surface area (Å²) in [5, 5.41) is 17.8. The van der Waals surface area contributed by atoms with Gasteiger partial charge in [-0.2, -0.15) is 10.5 Å². The van der Waals surface area contributed by atoms with Crippen LogP contribution in [0.2, 0.25) is 0 Å².